The molecule has 2 aliphatic carbocycles. The summed E-state index contributed by atoms with van der Waals surface area (Å²) in [5.41, 5.74) is 1.62. The average molecular weight is 559 g/mol. The van der Waals surface area contributed by atoms with Gasteiger partial charge in [-0.25, -0.2) is 0 Å². The maximum atomic E-state index is 13.4. The van der Waals surface area contributed by atoms with Crippen LogP contribution in [0, 0.1) is 11.3 Å². The van der Waals surface area contributed by atoms with E-state index in [4.69, 9.17) is 18.3 Å². The molecule has 1 aromatic carbocycles. The summed E-state index contributed by atoms with van der Waals surface area (Å²) < 4.78 is 27.1. The van der Waals surface area contributed by atoms with Crippen molar-refractivity contribution in [1.82, 2.24) is 0 Å². The van der Waals surface area contributed by atoms with Gasteiger partial charge in [0.25, 0.3) is 0 Å². The van der Waals surface area contributed by atoms with Crippen LogP contribution in [0.15, 0.2) is 53.8 Å². The van der Waals surface area contributed by atoms with Crippen molar-refractivity contribution in [3.05, 3.63) is 59.4 Å². The molecule has 4 atom stereocenters. The summed E-state index contributed by atoms with van der Waals surface area (Å²) in [6.45, 7) is 24.0. The number of hydrogen-bond acceptors (Lipinski definition) is 5. The molecule has 1 aromatic rings. The Morgan fingerprint density at radius 3 is 2.11 bits per heavy atom. The Balaban J connectivity index is 2.16. The second-order valence-electron chi connectivity index (χ2n) is 14.3. The van der Waals surface area contributed by atoms with Crippen LogP contribution in [0.25, 0.3) is 0 Å². The molecule has 0 spiro atoms. The number of benzene rings is 1. The fourth-order valence-electron chi connectivity index (χ4n) is 4.58. The number of ether oxygens (including phenoxy) is 2. The van der Waals surface area contributed by atoms with Crippen molar-refractivity contribution in [1.29, 1.82) is 0 Å². The average Bonchev–Trinajstić information content (AvgIpc) is 2.79. The van der Waals surface area contributed by atoms with Crippen LogP contribution in [-0.2, 0) is 29.7 Å². The van der Waals surface area contributed by atoms with Crippen LogP contribution in [0.5, 0.6) is 0 Å². The van der Waals surface area contributed by atoms with Gasteiger partial charge in [-0.3, -0.25) is 4.79 Å². The molecule has 7 heteroatoms. The summed E-state index contributed by atoms with van der Waals surface area (Å²) in [7, 11) is -4.23. The molecular formula is C31H50O5Si2. The third-order valence-electron chi connectivity index (χ3n) is 7.72. The Hall–Kier alpha value is -1.68. The van der Waals surface area contributed by atoms with E-state index in [1.807, 2.05) is 39.0 Å². The van der Waals surface area contributed by atoms with E-state index in [1.165, 1.54) is 5.57 Å². The molecule has 0 bridgehead atoms. The number of fused-ring (bicyclic) bond motifs is 1. The molecule has 0 aromatic heterocycles. The summed E-state index contributed by atoms with van der Waals surface area (Å²) in [6.07, 6.45) is 4.70. The molecule has 3 rings (SSSR count). The zero-order chi connectivity index (χ0) is 28.5. The molecule has 38 heavy (non-hydrogen) atoms. The first-order valence-electron chi connectivity index (χ1n) is 14.0. The first-order valence-corrected chi connectivity index (χ1v) is 20.3. The lowest BCUT2D eigenvalue weighted by Gasteiger charge is -2.50. The van der Waals surface area contributed by atoms with Crippen LogP contribution in [0.3, 0.4) is 0 Å². The maximum Gasteiger partial charge on any atom is 0.312 e. The zero-order valence-electron chi connectivity index (χ0n) is 25.5. The molecule has 0 unspecified atom stereocenters. The van der Waals surface area contributed by atoms with Crippen molar-refractivity contribution in [2.45, 2.75) is 117 Å². The SMILES string of the molecule is CC(C)(C)C(=O)O[C@H]1C(O[Si](C)(C)C)=C2CC=CC[C@H]2[C@@H](O[Si](C)(C)C(C)(C)C)[C@@H]1OCc1ccccc1. The van der Waals surface area contributed by atoms with E-state index in [0.29, 0.717) is 6.61 Å². The number of allylic oxidation sites excluding steroid dienone is 2. The van der Waals surface area contributed by atoms with Crippen LogP contribution in [0.1, 0.15) is 59.9 Å². The van der Waals surface area contributed by atoms with Crippen molar-refractivity contribution < 1.29 is 23.1 Å². The molecule has 0 N–H and O–H groups in total. The largest absolute Gasteiger partial charge is 0.545 e. The van der Waals surface area contributed by atoms with Gasteiger partial charge < -0.3 is 18.3 Å². The lowest BCUT2D eigenvalue weighted by molar-refractivity contribution is -0.178. The van der Waals surface area contributed by atoms with Gasteiger partial charge in [-0.1, -0.05) is 63.3 Å². The first-order chi connectivity index (χ1) is 17.4. The number of hydrogen-bond donors (Lipinski definition) is 0. The predicted molar refractivity (Wildman–Crippen MR) is 160 cm³/mol. The number of rotatable bonds is 8. The van der Waals surface area contributed by atoms with Crippen molar-refractivity contribution in [2.75, 3.05) is 0 Å². The molecule has 0 aliphatic heterocycles. The van der Waals surface area contributed by atoms with Crippen LogP contribution < -0.4 is 0 Å². The van der Waals surface area contributed by atoms with Crippen molar-refractivity contribution in [3.63, 3.8) is 0 Å². The van der Waals surface area contributed by atoms with Gasteiger partial charge in [0.15, 0.2) is 14.4 Å². The van der Waals surface area contributed by atoms with Crippen LogP contribution in [0.2, 0.25) is 37.8 Å². The zero-order valence-corrected chi connectivity index (χ0v) is 27.5. The molecule has 0 amide bonds. The Bertz CT molecular complexity index is 1030. The van der Waals surface area contributed by atoms with E-state index in [1.54, 1.807) is 0 Å². The molecular weight excluding hydrogens is 509 g/mol. The predicted octanol–water partition coefficient (Wildman–Crippen LogP) is 8.01. The second-order valence-corrected chi connectivity index (χ2v) is 23.5. The third kappa shape index (κ3) is 7.49. The summed E-state index contributed by atoms with van der Waals surface area (Å²) in [5.74, 6) is 0.652. The molecule has 0 fully saturated rings. The van der Waals surface area contributed by atoms with E-state index in [9.17, 15) is 4.79 Å². The highest BCUT2D eigenvalue weighted by molar-refractivity contribution is 6.74. The number of esters is 1. The van der Waals surface area contributed by atoms with Gasteiger partial charge in [0.2, 0.25) is 8.32 Å². The molecule has 212 valence electrons. The summed E-state index contributed by atoms with van der Waals surface area (Å²) >= 11 is 0. The van der Waals surface area contributed by atoms with E-state index in [0.717, 1.165) is 24.2 Å². The van der Waals surface area contributed by atoms with E-state index < -0.39 is 34.3 Å². The normalized spacial score (nSPS) is 24.7. The fraction of sp³-hybridized carbons (Fsp3) is 0.645. The van der Waals surface area contributed by atoms with E-state index in [-0.39, 0.29) is 23.0 Å². The lowest BCUT2D eigenvalue weighted by atomic mass is 9.75. The molecule has 5 nitrogen and oxygen atoms in total. The van der Waals surface area contributed by atoms with Crippen LogP contribution in [-0.4, -0.2) is 40.9 Å². The fourth-order valence-corrected chi connectivity index (χ4v) is 6.82. The van der Waals surface area contributed by atoms with Gasteiger partial charge in [0.05, 0.1) is 18.1 Å². The van der Waals surface area contributed by atoms with Crippen molar-refractivity contribution in [3.8, 4) is 0 Å². The van der Waals surface area contributed by atoms with Gasteiger partial charge >= 0.3 is 5.97 Å². The number of carbonyl (C=O) groups excluding carboxylic acids is 1. The smallest absolute Gasteiger partial charge is 0.312 e. The van der Waals surface area contributed by atoms with Gasteiger partial charge in [-0.2, -0.15) is 0 Å². The van der Waals surface area contributed by atoms with E-state index in [2.05, 4.69) is 77.8 Å². The van der Waals surface area contributed by atoms with E-state index >= 15 is 0 Å². The minimum atomic E-state index is -2.19. The minimum Gasteiger partial charge on any atom is -0.545 e. The van der Waals surface area contributed by atoms with Gasteiger partial charge in [-0.05, 0) is 82.5 Å². The molecule has 2 aliphatic rings. The standard InChI is InChI=1S/C31H50O5Si2/c1-30(2,3)29(32)34-28-26(35-37(7,8)9)24-20-16-15-19-23(24)25(36-38(10,11)31(4,5)6)27(28)33-21-22-17-13-12-14-18-22/h12-18,23,25,27-28H,19-21H2,1-11H3/t23-,25-,27+,28+/m1/s1. The summed E-state index contributed by atoms with van der Waals surface area (Å²) in [6, 6.07) is 10.2. The highest BCUT2D eigenvalue weighted by Gasteiger charge is 2.53. The highest BCUT2D eigenvalue weighted by atomic mass is 28.4. The van der Waals surface area contributed by atoms with Crippen LogP contribution in [0.4, 0.5) is 0 Å². The Morgan fingerprint density at radius 2 is 1.55 bits per heavy atom. The quantitative estimate of drug-likeness (QED) is 0.184. The van der Waals surface area contributed by atoms with Gasteiger partial charge in [0, 0.05) is 5.92 Å². The Morgan fingerprint density at radius 1 is 0.921 bits per heavy atom. The molecule has 0 heterocycles. The molecule has 0 saturated heterocycles. The highest BCUT2D eigenvalue weighted by Crippen LogP contribution is 2.47. The third-order valence-corrected chi connectivity index (χ3v) is 13.0. The second kappa shape index (κ2) is 11.4. The van der Waals surface area contributed by atoms with Gasteiger partial charge in [-0.15, -0.1) is 0 Å². The summed E-state index contributed by atoms with van der Waals surface area (Å²) in [5, 5.41) is 0.0258. The molecule has 0 saturated carbocycles. The first kappa shape index (κ1) is 30.9. The Kier molecular flexibility index (Phi) is 9.29. The van der Waals surface area contributed by atoms with Crippen LogP contribution >= 0.6 is 0 Å². The topological polar surface area (TPSA) is 54.0 Å². The monoisotopic (exact) mass is 558 g/mol. The number of carbonyl (C=O) groups is 1. The van der Waals surface area contributed by atoms with Crippen molar-refractivity contribution in [2.24, 2.45) is 11.3 Å². The molecule has 0 radical (unpaired) electrons. The maximum absolute atomic E-state index is 13.4. The van der Waals surface area contributed by atoms with Crippen molar-refractivity contribution >= 4 is 22.6 Å². The van der Waals surface area contributed by atoms with Gasteiger partial charge in [0.1, 0.15) is 11.9 Å². The minimum absolute atomic E-state index is 0.0258. The summed E-state index contributed by atoms with van der Waals surface area (Å²) in [4.78, 5) is 13.4. The Labute approximate surface area is 233 Å². The lowest BCUT2D eigenvalue weighted by Crippen LogP contribution is -2.58.